The van der Waals surface area contributed by atoms with Crippen molar-refractivity contribution >= 4 is 23.4 Å². The van der Waals surface area contributed by atoms with Crippen molar-refractivity contribution in [3.63, 3.8) is 0 Å². The van der Waals surface area contributed by atoms with Crippen molar-refractivity contribution in [3.8, 4) is 0 Å². The SMILES string of the molecule is C=CC[C@@H]1/C=C(\C)C[C@H](C)C[C@H](OC)C2OC(O)(C(=O)C(=O)N3CCCC[C@H]3C(=O)O[C@H](/C(C)=C/[C@@H]3CC[C@@H](O)C(O)C3)[C@H](C)[C@@H](O)CC1=O)C(C)CC2OC. The van der Waals surface area contributed by atoms with Crippen molar-refractivity contribution in [1.82, 2.24) is 4.90 Å². The number of ether oxygens (including phenoxy) is 4. The van der Waals surface area contributed by atoms with E-state index < -0.39 is 90.0 Å². The number of cyclic esters (lactones) is 1. The normalized spacial score (nSPS) is 41.5. The summed E-state index contributed by atoms with van der Waals surface area (Å²) in [4.78, 5) is 57.6. The standard InChI is InChI=1S/C43H67NO12/c1-9-12-30-18-24(2)17-25(3)19-36(53-7)39-37(54-8)21-27(5)43(52,56-39)40(49)41(50)44-16-11-10-13-31(44)42(51)55-38(28(6)33(46)23-34(30)47)26(4)20-29-14-15-32(45)35(48)22-29/h9,18,20,25,27-33,35-39,45-46,48,52H,1,10-17,19,21-23H2,2-8H3/b24-18+,26-20+/t25-,27?,28+,29-,30+,31-,32+,33-,35?,36-,37?,38+,39?,43?/m0/s1. The Bertz CT molecular complexity index is 1460. The molecule has 56 heavy (non-hydrogen) atoms. The summed E-state index contributed by atoms with van der Waals surface area (Å²) in [6, 6.07) is -1.16. The molecule has 0 radical (unpaired) electrons. The summed E-state index contributed by atoms with van der Waals surface area (Å²) in [6.07, 6.45) is 3.36. The van der Waals surface area contributed by atoms with E-state index in [2.05, 4.69) is 6.58 Å². The number of Topliss-reactive ketones (excluding diaryl/α,β-unsaturated/α-hetero) is 2. The van der Waals surface area contributed by atoms with Crippen LogP contribution < -0.4 is 0 Å². The smallest absolute Gasteiger partial charge is 0.329 e. The third-order valence-corrected chi connectivity index (χ3v) is 12.6. The summed E-state index contributed by atoms with van der Waals surface area (Å²) in [5, 5.41) is 44.1. The number of piperidine rings is 1. The summed E-state index contributed by atoms with van der Waals surface area (Å²) >= 11 is 0. The van der Waals surface area contributed by atoms with Crippen molar-refractivity contribution in [2.24, 2.45) is 29.6 Å². The number of nitrogens with zero attached hydrogens (tertiary/aromatic N) is 1. The first kappa shape index (κ1) is 45.9. The molecule has 0 aromatic heterocycles. The summed E-state index contributed by atoms with van der Waals surface area (Å²) in [7, 11) is 3.04. The highest BCUT2D eigenvalue weighted by Gasteiger charge is 2.56. The molecule has 0 aromatic rings. The number of methoxy groups -OCH3 is 2. The second-order valence-electron chi connectivity index (χ2n) is 17.1. The molecule has 4 aliphatic rings. The van der Waals surface area contributed by atoms with Gasteiger partial charge in [0.15, 0.2) is 0 Å². The number of carbonyl (C=O) groups is 4. The van der Waals surface area contributed by atoms with E-state index in [9.17, 15) is 39.6 Å². The molecule has 2 saturated heterocycles. The van der Waals surface area contributed by atoms with Gasteiger partial charge in [0.05, 0.1) is 30.5 Å². The maximum Gasteiger partial charge on any atom is 0.329 e. The van der Waals surface area contributed by atoms with Crippen molar-refractivity contribution in [2.45, 2.75) is 160 Å². The molecular weight excluding hydrogens is 722 g/mol. The molecule has 316 valence electrons. The molecule has 13 nitrogen and oxygen atoms in total. The van der Waals surface area contributed by atoms with Gasteiger partial charge in [-0.3, -0.25) is 14.4 Å². The van der Waals surface area contributed by atoms with Gasteiger partial charge in [-0.25, -0.2) is 4.79 Å². The van der Waals surface area contributed by atoms with E-state index in [1.165, 1.54) is 14.2 Å². The van der Waals surface area contributed by atoms with Crippen molar-refractivity contribution in [1.29, 1.82) is 0 Å². The van der Waals surface area contributed by atoms with Crippen molar-refractivity contribution in [2.75, 3.05) is 20.8 Å². The van der Waals surface area contributed by atoms with Gasteiger partial charge in [-0.05, 0) is 95.5 Å². The Morgan fingerprint density at radius 1 is 0.946 bits per heavy atom. The molecule has 1 saturated carbocycles. The Morgan fingerprint density at radius 3 is 2.27 bits per heavy atom. The second kappa shape index (κ2) is 20.3. The van der Waals surface area contributed by atoms with E-state index in [4.69, 9.17) is 18.9 Å². The lowest BCUT2D eigenvalue weighted by Crippen LogP contribution is -2.64. The average molecular weight is 790 g/mol. The molecule has 3 heterocycles. The van der Waals surface area contributed by atoms with E-state index >= 15 is 0 Å². The Kier molecular flexibility index (Phi) is 16.6. The van der Waals surface area contributed by atoms with Crippen LogP contribution in [0.15, 0.2) is 36.0 Å². The summed E-state index contributed by atoms with van der Waals surface area (Å²) < 4.78 is 24.1. The minimum absolute atomic E-state index is 0.00242. The highest BCUT2D eigenvalue weighted by molar-refractivity contribution is 6.39. The number of ketones is 2. The number of esters is 1. The third-order valence-electron chi connectivity index (χ3n) is 12.6. The Balaban J connectivity index is 1.78. The van der Waals surface area contributed by atoms with Crippen molar-refractivity contribution < 1.29 is 58.6 Å². The van der Waals surface area contributed by atoms with Gasteiger partial charge in [-0.15, -0.1) is 6.58 Å². The van der Waals surface area contributed by atoms with Gasteiger partial charge < -0.3 is 44.3 Å². The predicted molar refractivity (Wildman–Crippen MR) is 208 cm³/mol. The zero-order valence-electron chi connectivity index (χ0n) is 34.4. The fraction of sp³-hybridized carbons (Fsp3) is 0.767. The Morgan fingerprint density at radius 2 is 1.62 bits per heavy atom. The molecule has 4 N–H and O–H groups in total. The van der Waals surface area contributed by atoms with E-state index in [-0.39, 0.29) is 43.4 Å². The number of aliphatic hydroxyl groups is 4. The molecule has 3 fully saturated rings. The molecule has 0 spiro atoms. The number of aliphatic hydroxyl groups excluding tert-OH is 3. The lowest BCUT2D eigenvalue weighted by atomic mass is 9.81. The maximum absolute atomic E-state index is 14.2. The third kappa shape index (κ3) is 10.8. The first-order chi connectivity index (χ1) is 26.4. The van der Waals surface area contributed by atoms with E-state index in [0.717, 1.165) is 10.5 Å². The number of allylic oxidation sites excluding steroid dienone is 4. The Hall–Kier alpha value is -2.78. The van der Waals surface area contributed by atoms with Gasteiger partial charge in [0.1, 0.15) is 24.0 Å². The Labute approximate surface area is 332 Å². The monoisotopic (exact) mass is 789 g/mol. The predicted octanol–water partition coefficient (Wildman–Crippen LogP) is 3.98. The van der Waals surface area contributed by atoms with Crippen LogP contribution in [0, 0.1) is 29.6 Å². The maximum atomic E-state index is 14.2. The van der Waals surface area contributed by atoms with Crippen LogP contribution in [0.2, 0.25) is 0 Å². The van der Waals surface area contributed by atoms with Crippen LogP contribution in [0.3, 0.4) is 0 Å². The van der Waals surface area contributed by atoms with Crippen LogP contribution in [-0.2, 0) is 38.1 Å². The fourth-order valence-electron chi connectivity index (χ4n) is 9.19. The van der Waals surface area contributed by atoms with Crippen LogP contribution in [-0.4, -0.2) is 124 Å². The molecule has 1 amide bonds. The summed E-state index contributed by atoms with van der Waals surface area (Å²) in [5.74, 6) is -8.03. The molecule has 1 aliphatic carbocycles. The minimum atomic E-state index is -2.52. The summed E-state index contributed by atoms with van der Waals surface area (Å²) in [5.41, 5.74) is 1.54. The van der Waals surface area contributed by atoms with Crippen LogP contribution >= 0.6 is 0 Å². The molecule has 0 aromatic carbocycles. The van der Waals surface area contributed by atoms with E-state index in [1.54, 1.807) is 26.8 Å². The van der Waals surface area contributed by atoms with E-state index in [0.29, 0.717) is 56.9 Å². The first-order valence-electron chi connectivity index (χ1n) is 20.5. The zero-order chi connectivity index (χ0) is 41.5. The van der Waals surface area contributed by atoms with Crippen LogP contribution in [0.1, 0.15) is 105 Å². The van der Waals surface area contributed by atoms with E-state index in [1.807, 2.05) is 26.0 Å². The van der Waals surface area contributed by atoms with Gasteiger partial charge in [0.2, 0.25) is 5.79 Å². The highest BCUT2D eigenvalue weighted by atomic mass is 16.7. The number of hydrogen-bond donors (Lipinski definition) is 4. The number of amides is 1. The van der Waals surface area contributed by atoms with Gasteiger partial charge >= 0.3 is 5.97 Å². The summed E-state index contributed by atoms with van der Waals surface area (Å²) in [6.45, 7) is 13.0. The minimum Gasteiger partial charge on any atom is -0.456 e. The number of rotatable bonds is 6. The lowest BCUT2D eigenvalue weighted by Gasteiger charge is -2.47. The van der Waals surface area contributed by atoms with Crippen LogP contribution in [0.5, 0.6) is 0 Å². The van der Waals surface area contributed by atoms with Crippen LogP contribution in [0.25, 0.3) is 0 Å². The van der Waals surface area contributed by atoms with Crippen LogP contribution in [0.4, 0.5) is 0 Å². The molecular formula is C43H67NO12. The van der Waals surface area contributed by atoms with Gasteiger partial charge in [-0.1, -0.05) is 44.6 Å². The fourth-order valence-corrected chi connectivity index (χ4v) is 9.19. The second-order valence-corrected chi connectivity index (χ2v) is 17.1. The quantitative estimate of drug-likeness (QED) is 0.172. The van der Waals surface area contributed by atoms with Gasteiger partial charge in [0, 0.05) is 44.9 Å². The molecule has 13 heteroatoms. The first-order valence-corrected chi connectivity index (χ1v) is 20.5. The highest BCUT2D eigenvalue weighted by Crippen LogP contribution is 2.39. The topological polar surface area (TPSA) is 189 Å². The molecule has 14 atom stereocenters. The molecule has 2 bridgehead atoms. The number of carbonyl (C=O) groups excluding carboxylic acids is 4. The number of hydrogen-bond acceptors (Lipinski definition) is 12. The zero-order valence-corrected chi connectivity index (χ0v) is 34.4. The molecule has 4 rings (SSSR count). The molecule has 5 unspecified atom stereocenters. The van der Waals surface area contributed by atoms with Gasteiger partial charge in [-0.2, -0.15) is 0 Å². The molecule has 3 aliphatic heterocycles. The average Bonchev–Trinajstić information content (AvgIpc) is 3.16. The van der Waals surface area contributed by atoms with Gasteiger partial charge in [0.25, 0.3) is 11.7 Å². The largest absolute Gasteiger partial charge is 0.456 e. The lowest BCUT2D eigenvalue weighted by molar-refractivity contribution is -0.302. The van der Waals surface area contributed by atoms with Crippen molar-refractivity contribution in [3.05, 3.63) is 36.0 Å². The number of fused-ring (bicyclic) bond motifs is 3.